The number of hydrogen-bond donors (Lipinski definition) is 2. The summed E-state index contributed by atoms with van der Waals surface area (Å²) in [5.74, 6) is -0.926. The van der Waals surface area contributed by atoms with Crippen LogP contribution in [0.15, 0.2) is 48.5 Å². The van der Waals surface area contributed by atoms with Crippen molar-refractivity contribution in [3.63, 3.8) is 0 Å². The van der Waals surface area contributed by atoms with Crippen LogP contribution in [-0.4, -0.2) is 31.5 Å². The first-order valence-corrected chi connectivity index (χ1v) is 9.51. The molecule has 7 heteroatoms. The van der Waals surface area contributed by atoms with Crippen molar-refractivity contribution in [1.82, 2.24) is 5.32 Å². The SMILES string of the molecule is CCOC(=O)c1ccccc1NC(=O)C1CC1C(=O)NCc1ccc(OC)cc1. The highest BCUT2D eigenvalue weighted by atomic mass is 16.5. The van der Waals surface area contributed by atoms with Gasteiger partial charge in [0.05, 0.1) is 36.8 Å². The number of anilines is 1. The van der Waals surface area contributed by atoms with Crippen molar-refractivity contribution >= 4 is 23.5 Å². The van der Waals surface area contributed by atoms with Crippen LogP contribution in [0.3, 0.4) is 0 Å². The number of ether oxygens (including phenoxy) is 2. The average Bonchev–Trinajstić information content (AvgIpc) is 3.54. The molecule has 1 aliphatic rings. The second-order valence-electron chi connectivity index (χ2n) is 6.77. The Bertz CT molecular complexity index is 894. The third-order valence-electron chi connectivity index (χ3n) is 4.77. The number of carbonyl (C=O) groups excluding carboxylic acids is 3. The van der Waals surface area contributed by atoms with Gasteiger partial charge in [-0.3, -0.25) is 9.59 Å². The zero-order valence-corrected chi connectivity index (χ0v) is 16.4. The lowest BCUT2D eigenvalue weighted by atomic mass is 10.1. The van der Waals surface area contributed by atoms with Crippen LogP contribution < -0.4 is 15.4 Å². The van der Waals surface area contributed by atoms with Gasteiger partial charge < -0.3 is 20.1 Å². The number of para-hydroxylation sites is 1. The van der Waals surface area contributed by atoms with Crippen molar-refractivity contribution in [2.75, 3.05) is 19.0 Å². The van der Waals surface area contributed by atoms with Crippen LogP contribution in [0, 0.1) is 11.8 Å². The molecule has 0 aliphatic heterocycles. The van der Waals surface area contributed by atoms with E-state index < -0.39 is 11.9 Å². The molecule has 0 heterocycles. The highest BCUT2D eigenvalue weighted by Gasteiger charge is 2.48. The largest absolute Gasteiger partial charge is 0.497 e. The summed E-state index contributed by atoms with van der Waals surface area (Å²) in [6.45, 7) is 2.36. The number of rotatable bonds is 8. The molecule has 1 saturated carbocycles. The number of carbonyl (C=O) groups is 3. The molecule has 0 radical (unpaired) electrons. The Morgan fingerprint density at radius 3 is 2.38 bits per heavy atom. The lowest BCUT2D eigenvalue weighted by Gasteiger charge is -2.10. The Morgan fingerprint density at radius 2 is 1.69 bits per heavy atom. The van der Waals surface area contributed by atoms with Gasteiger partial charge in [0.25, 0.3) is 0 Å². The molecular formula is C22H24N2O5. The van der Waals surface area contributed by atoms with Gasteiger partial charge in [-0.1, -0.05) is 24.3 Å². The molecule has 29 heavy (non-hydrogen) atoms. The molecule has 2 aromatic carbocycles. The molecule has 2 amide bonds. The predicted molar refractivity (Wildman–Crippen MR) is 107 cm³/mol. The van der Waals surface area contributed by atoms with Crippen molar-refractivity contribution in [2.24, 2.45) is 11.8 Å². The Balaban J connectivity index is 1.52. The van der Waals surface area contributed by atoms with Gasteiger partial charge in [0.2, 0.25) is 11.8 Å². The van der Waals surface area contributed by atoms with Crippen molar-refractivity contribution in [3.8, 4) is 5.75 Å². The van der Waals surface area contributed by atoms with Gasteiger partial charge in [0.1, 0.15) is 5.75 Å². The standard InChI is InChI=1S/C22H24N2O5/c1-3-29-22(27)16-6-4-5-7-19(16)24-21(26)18-12-17(18)20(25)23-13-14-8-10-15(28-2)11-9-14/h4-11,17-18H,3,12-13H2,1-2H3,(H,23,25)(H,24,26). The number of nitrogens with one attached hydrogen (secondary N) is 2. The first-order chi connectivity index (χ1) is 14.0. The summed E-state index contributed by atoms with van der Waals surface area (Å²) in [7, 11) is 1.60. The zero-order valence-electron chi connectivity index (χ0n) is 16.4. The van der Waals surface area contributed by atoms with Gasteiger partial charge in [0, 0.05) is 6.54 Å². The monoisotopic (exact) mass is 396 g/mol. The molecular weight excluding hydrogens is 372 g/mol. The molecule has 0 aromatic heterocycles. The van der Waals surface area contributed by atoms with Gasteiger partial charge in [-0.05, 0) is 43.2 Å². The fourth-order valence-corrected chi connectivity index (χ4v) is 3.04. The van der Waals surface area contributed by atoms with Crippen LogP contribution in [0.2, 0.25) is 0 Å². The van der Waals surface area contributed by atoms with Gasteiger partial charge in [-0.15, -0.1) is 0 Å². The van der Waals surface area contributed by atoms with Gasteiger partial charge >= 0.3 is 5.97 Å². The summed E-state index contributed by atoms with van der Waals surface area (Å²) >= 11 is 0. The molecule has 7 nitrogen and oxygen atoms in total. The summed E-state index contributed by atoms with van der Waals surface area (Å²) in [5, 5.41) is 5.61. The summed E-state index contributed by atoms with van der Waals surface area (Å²) in [5.41, 5.74) is 1.63. The fraction of sp³-hybridized carbons (Fsp3) is 0.318. The van der Waals surface area contributed by atoms with E-state index in [1.54, 1.807) is 38.3 Å². The first-order valence-electron chi connectivity index (χ1n) is 9.51. The topological polar surface area (TPSA) is 93.7 Å². The van der Waals surface area contributed by atoms with Crippen LogP contribution in [0.5, 0.6) is 5.75 Å². The van der Waals surface area contributed by atoms with Crippen LogP contribution in [0.25, 0.3) is 0 Å². The fourth-order valence-electron chi connectivity index (χ4n) is 3.04. The Kier molecular flexibility index (Phi) is 6.49. The summed E-state index contributed by atoms with van der Waals surface area (Å²) in [6, 6.07) is 14.1. The van der Waals surface area contributed by atoms with Gasteiger partial charge in [-0.2, -0.15) is 0 Å². The highest BCUT2D eigenvalue weighted by molar-refractivity contribution is 6.04. The maximum Gasteiger partial charge on any atom is 0.340 e. The van der Waals surface area contributed by atoms with Crippen LogP contribution in [-0.2, 0) is 20.9 Å². The average molecular weight is 396 g/mol. The van der Waals surface area contributed by atoms with Gasteiger partial charge in [-0.25, -0.2) is 4.79 Å². The number of amides is 2. The minimum absolute atomic E-state index is 0.153. The lowest BCUT2D eigenvalue weighted by Crippen LogP contribution is -2.27. The van der Waals surface area contributed by atoms with Crippen molar-refractivity contribution in [1.29, 1.82) is 0 Å². The van der Waals surface area contributed by atoms with E-state index in [1.807, 2.05) is 24.3 Å². The van der Waals surface area contributed by atoms with E-state index in [9.17, 15) is 14.4 Å². The van der Waals surface area contributed by atoms with E-state index in [2.05, 4.69) is 10.6 Å². The van der Waals surface area contributed by atoms with Crippen molar-refractivity contribution in [2.45, 2.75) is 19.9 Å². The van der Waals surface area contributed by atoms with Crippen molar-refractivity contribution < 1.29 is 23.9 Å². The number of esters is 1. The third kappa shape index (κ3) is 5.13. The first kappa shape index (κ1) is 20.4. The van der Waals surface area contributed by atoms with E-state index in [0.29, 0.717) is 24.2 Å². The van der Waals surface area contributed by atoms with Crippen LogP contribution in [0.4, 0.5) is 5.69 Å². The molecule has 0 spiro atoms. The van der Waals surface area contributed by atoms with E-state index in [1.165, 1.54) is 0 Å². The summed E-state index contributed by atoms with van der Waals surface area (Å²) < 4.78 is 10.1. The molecule has 0 bridgehead atoms. The maximum absolute atomic E-state index is 12.5. The minimum atomic E-state index is -0.493. The molecule has 2 aromatic rings. The summed E-state index contributed by atoms with van der Waals surface area (Å²) in [6.07, 6.45) is 0.488. The van der Waals surface area contributed by atoms with Crippen LogP contribution in [0.1, 0.15) is 29.3 Å². The minimum Gasteiger partial charge on any atom is -0.497 e. The Hall–Kier alpha value is -3.35. The highest BCUT2D eigenvalue weighted by Crippen LogP contribution is 2.39. The predicted octanol–water partition coefficient (Wildman–Crippen LogP) is 2.76. The Labute approximate surface area is 169 Å². The Morgan fingerprint density at radius 1 is 1.00 bits per heavy atom. The molecule has 1 fully saturated rings. The molecule has 2 atom stereocenters. The molecule has 2 N–H and O–H groups in total. The van der Waals surface area contributed by atoms with Crippen molar-refractivity contribution in [3.05, 3.63) is 59.7 Å². The second-order valence-corrected chi connectivity index (χ2v) is 6.77. The van der Waals surface area contributed by atoms with E-state index in [0.717, 1.165) is 11.3 Å². The van der Waals surface area contributed by atoms with E-state index >= 15 is 0 Å². The molecule has 1 aliphatic carbocycles. The zero-order chi connectivity index (χ0) is 20.8. The number of methoxy groups -OCH3 is 1. The summed E-state index contributed by atoms with van der Waals surface area (Å²) in [4.78, 5) is 36.9. The van der Waals surface area contributed by atoms with Gasteiger partial charge in [0.15, 0.2) is 0 Å². The quantitative estimate of drug-likeness (QED) is 0.669. The third-order valence-corrected chi connectivity index (χ3v) is 4.77. The van der Waals surface area contributed by atoms with Crippen LogP contribution >= 0.6 is 0 Å². The van der Waals surface area contributed by atoms with E-state index in [-0.39, 0.29) is 24.3 Å². The molecule has 152 valence electrons. The molecule has 3 rings (SSSR count). The maximum atomic E-state index is 12.5. The second kappa shape index (κ2) is 9.23. The number of hydrogen-bond acceptors (Lipinski definition) is 5. The lowest BCUT2D eigenvalue weighted by molar-refractivity contribution is -0.125. The normalized spacial score (nSPS) is 17.2. The molecule has 0 saturated heterocycles. The number of benzene rings is 2. The molecule has 2 unspecified atom stereocenters. The smallest absolute Gasteiger partial charge is 0.340 e. The van der Waals surface area contributed by atoms with E-state index in [4.69, 9.17) is 9.47 Å².